The third-order valence-corrected chi connectivity index (χ3v) is 3.08. The molecule has 1 aliphatic rings. The molecular formula is C16H25NO3. The first kappa shape index (κ1) is 16.7. The monoisotopic (exact) mass is 279 g/mol. The van der Waals surface area contributed by atoms with E-state index in [-0.39, 0.29) is 11.7 Å². The van der Waals surface area contributed by atoms with Crippen molar-refractivity contribution in [1.29, 1.82) is 0 Å². The number of piperidine rings is 1. The zero-order chi connectivity index (χ0) is 15.0. The summed E-state index contributed by atoms with van der Waals surface area (Å²) in [4.78, 5) is 9.60. The van der Waals surface area contributed by atoms with Gasteiger partial charge in [-0.2, -0.15) is 0 Å². The molecule has 0 radical (unpaired) electrons. The fourth-order valence-electron chi connectivity index (χ4n) is 2.08. The van der Waals surface area contributed by atoms with Crippen LogP contribution in [-0.2, 0) is 9.53 Å². The average molecular weight is 279 g/mol. The SMILES string of the molecule is CC(C)(C)OC=O.O[C@H]1CNCC[C@@H]1c1ccccc1. The minimum Gasteiger partial charge on any atom is -0.462 e. The molecule has 1 aromatic rings. The van der Waals surface area contributed by atoms with Gasteiger partial charge in [0.05, 0.1) is 6.10 Å². The van der Waals surface area contributed by atoms with Gasteiger partial charge in [0.25, 0.3) is 6.47 Å². The van der Waals surface area contributed by atoms with Crippen LogP contribution in [0.1, 0.15) is 38.7 Å². The van der Waals surface area contributed by atoms with E-state index in [1.165, 1.54) is 5.56 Å². The van der Waals surface area contributed by atoms with Gasteiger partial charge in [0.1, 0.15) is 5.60 Å². The first-order valence-corrected chi connectivity index (χ1v) is 6.99. The lowest BCUT2D eigenvalue weighted by molar-refractivity contribution is -0.138. The molecule has 0 aromatic heterocycles. The van der Waals surface area contributed by atoms with Gasteiger partial charge in [-0.3, -0.25) is 4.79 Å². The van der Waals surface area contributed by atoms with Crippen LogP contribution in [0.2, 0.25) is 0 Å². The fraction of sp³-hybridized carbons (Fsp3) is 0.562. The summed E-state index contributed by atoms with van der Waals surface area (Å²) in [5, 5.41) is 12.9. The number of carbonyl (C=O) groups is 1. The number of hydrogen-bond acceptors (Lipinski definition) is 4. The van der Waals surface area contributed by atoms with Crippen LogP contribution in [0.5, 0.6) is 0 Å². The molecule has 2 N–H and O–H groups in total. The highest BCUT2D eigenvalue weighted by Crippen LogP contribution is 2.24. The van der Waals surface area contributed by atoms with E-state index >= 15 is 0 Å². The van der Waals surface area contributed by atoms with Gasteiger partial charge in [-0.05, 0) is 39.3 Å². The summed E-state index contributed by atoms with van der Waals surface area (Å²) in [6, 6.07) is 10.3. The Balaban J connectivity index is 0.000000246. The van der Waals surface area contributed by atoms with E-state index < -0.39 is 0 Å². The number of aliphatic hydroxyl groups excluding tert-OH is 1. The van der Waals surface area contributed by atoms with Crippen molar-refractivity contribution >= 4 is 6.47 Å². The normalized spacial score (nSPS) is 22.4. The summed E-state index contributed by atoms with van der Waals surface area (Å²) in [6.45, 7) is 7.65. The quantitative estimate of drug-likeness (QED) is 0.814. The van der Waals surface area contributed by atoms with Crippen molar-refractivity contribution in [3.8, 4) is 0 Å². The highest BCUT2D eigenvalue weighted by Gasteiger charge is 2.23. The Morgan fingerprint density at radius 3 is 2.40 bits per heavy atom. The van der Waals surface area contributed by atoms with Crippen LogP contribution in [0.3, 0.4) is 0 Å². The number of hydrogen-bond donors (Lipinski definition) is 2. The van der Waals surface area contributed by atoms with Crippen molar-refractivity contribution in [2.75, 3.05) is 13.1 Å². The molecule has 0 spiro atoms. The fourth-order valence-corrected chi connectivity index (χ4v) is 2.08. The number of β-amino-alcohol motifs (C(OH)–C–C–N with tert-alkyl or cyclic N) is 1. The molecule has 0 saturated carbocycles. The van der Waals surface area contributed by atoms with Crippen LogP contribution in [0.25, 0.3) is 0 Å². The Labute approximate surface area is 121 Å². The van der Waals surface area contributed by atoms with Crippen molar-refractivity contribution in [2.24, 2.45) is 0 Å². The molecule has 0 aliphatic carbocycles. The number of benzene rings is 1. The van der Waals surface area contributed by atoms with Gasteiger partial charge in [-0.25, -0.2) is 0 Å². The van der Waals surface area contributed by atoms with Gasteiger partial charge in [-0.15, -0.1) is 0 Å². The Bertz CT molecular complexity index is 386. The van der Waals surface area contributed by atoms with Gasteiger partial charge in [0.15, 0.2) is 0 Å². The van der Waals surface area contributed by atoms with Crippen LogP contribution < -0.4 is 5.32 Å². The van der Waals surface area contributed by atoms with Crippen molar-refractivity contribution < 1.29 is 14.6 Å². The molecule has 1 aromatic carbocycles. The Hall–Kier alpha value is -1.39. The van der Waals surface area contributed by atoms with E-state index in [1.807, 2.05) is 39.0 Å². The van der Waals surface area contributed by atoms with Gasteiger partial charge < -0.3 is 15.2 Å². The van der Waals surface area contributed by atoms with E-state index in [0.717, 1.165) is 19.5 Å². The largest absolute Gasteiger partial charge is 0.462 e. The van der Waals surface area contributed by atoms with Gasteiger partial charge in [0.2, 0.25) is 0 Å². The molecule has 20 heavy (non-hydrogen) atoms. The summed E-state index contributed by atoms with van der Waals surface area (Å²) in [5.74, 6) is 0.322. The molecule has 2 atom stereocenters. The molecule has 0 unspecified atom stereocenters. The average Bonchev–Trinajstić information content (AvgIpc) is 2.40. The lowest BCUT2D eigenvalue weighted by atomic mass is 9.88. The van der Waals surface area contributed by atoms with Gasteiger partial charge >= 0.3 is 0 Å². The van der Waals surface area contributed by atoms with Crippen LogP contribution in [0.15, 0.2) is 30.3 Å². The molecule has 1 fully saturated rings. The van der Waals surface area contributed by atoms with Crippen molar-refractivity contribution in [2.45, 2.75) is 44.8 Å². The van der Waals surface area contributed by atoms with Gasteiger partial charge in [0, 0.05) is 12.5 Å². The summed E-state index contributed by atoms with van der Waals surface area (Å²) in [5.41, 5.74) is 0.943. The second-order valence-corrected chi connectivity index (χ2v) is 5.90. The first-order valence-electron chi connectivity index (χ1n) is 6.99. The minimum atomic E-state index is -0.318. The topological polar surface area (TPSA) is 58.6 Å². The molecule has 4 nitrogen and oxygen atoms in total. The number of aliphatic hydroxyl groups is 1. The van der Waals surface area contributed by atoms with E-state index in [4.69, 9.17) is 0 Å². The first-order chi connectivity index (χ1) is 9.44. The van der Waals surface area contributed by atoms with E-state index in [2.05, 4.69) is 22.2 Å². The van der Waals surface area contributed by atoms with Crippen LogP contribution in [0.4, 0.5) is 0 Å². The maximum atomic E-state index is 9.76. The zero-order valence-corrected chi connectivity index (χ0v) is 12.5. The molecule has 4 heteroatoms. The summed E-state index contributed by atoms with van der Waals surface area (Å²) in [6.07, 6.45) is 0.807. The van der Waals surface area contributed by atoms with E-state index in [0.29, 0.717) is 12.4 Å². The predicted molar refractivity (Wildman–Crippen MR) is 79.6 cm³/mol. The molecule has 112 valence electrons. The number of carbonyl (C=O) groups excluding carboxylic acids is 1. The third-order valence-electron chi connectivity index (χ3n) is 3.08. The van der Waals surface area contributed by atoms with Gasteiger partial charge in [-0.1, -0.05) is 30.3 Å². The molecule has 0 amide bonds. The number of rotatable bonds is 2. The van der Waals surface area contributed by atoms with E-state index in [1.54, 1.807) is 0 Å². The molecule has 2 rings (SSSR count). The van der Waals surface area contributed by atoms with Crippen molar-refractivity contribution in [3.63, 3.8) is 0 Å². The Kier molecular flexibility index (Phi) is 6.68. The molecule has 0 bridgehead atoms. The molecule has 1 aliphatic heterocycles. The second-order valence-electron chi connectivity index (χ2n) is 5.90. The standard InChI is InChI=1S/C11H15NO.C5H10O2/c13-11-8-12-7-6-10(11)9-4-2-1-3-5-9;1-5(2,3)7-4-6/h1-5,10-13H,6-8H2;4H,1-3H3/t10-,11+;/m1./s1. The van der Waals surface area contributed by atoms with Crippen molar-refractivity contribution in [1.82, 2.24) is 5.32 Å². The lowest BCUT2D eigenvalue weighted by Gasteiger charge is -2.28. The molecular weight excluding hydrogens is 254 g/mol. The lowest BCUT2D eigenvalue weighted by Crippen LogP contribution is -2.39. The number of ether oxygens (including phenoxy) is 1. The highest BCUT2D eigenvalue weighted by atomic mass is 16.5. The van der Waals surface area contributed by atoms with E-state index in [9.17, 15) is 9.90 Å². The second kappa shape index (κ2) is 8.02. The van der Waals surface area contributed by atoms with Crippen LogP contribution in [0, 0.1) is 0 Å². The Morgan fingerprint density at radius 1 is 1.30 bits per heavy atom. The van der Waals surface area contributed by atoms with Crippen LogP contribution in [-0.4, -0.2) is 36.4 Å². The minimum absolute atomic E-state index is 0.226. The smallest absolute Gasteiger partial charge is 0.293 e. The third kappa shape index (κ3) is 6.17. The summed E-state index contributed by atoms with van der Waals surface area (Å²) >= 11 is 0. The maximum Gasteiger partial charge on any atom is 0.293 e. The maximum absolute atomic E-state index is 9.76. The number of nitrogens with one attached hydrogen (secondary N) is 1. The summed E-state index contributed by atoms with van der Waals surface area (Å²) < 4.78 is 4.55. The summed E-state index contributed by atoms with van der Waals surface area (Å²) in [7, 11) is 0. The Morgan fingerprint density at radius 2 is 1.95 bits per heavy atom. The predicted octanol–water partition coefficient (Wildman–Crippen LogP) is 2.08. The zero-order valence-electron chi connectivity index (χ0n) is 12.5. The van der Waals surface area contributed by atoms with Crippen molar-refractivity contribution in [3.05, 3.63) is 35.9 Å². The highest BCUT2D eigenvalue weighted by molar-refractivity contribution is 5.37. The molecule has 1 heterocycles. The van der Waals surface area contributed by atoms with Crippen LogP contribution >= 0.6 is 0 Å². The molecule has 1 saturated heterocycles.